The van der Waals surface area contributed by atoms with Crippen molar-refractivity contribution in [3.05, 3.63) is 54.2 Å². The molecule has 0 aliphatic carbocycles. The quantitative estimate of drug-likeness (QED) is 0.820. The number of hydrogen-bond acceptors (Lipinski definition) is 5. The van der Waals surface area contributed by atoms with Crippen LogP contribution in [0, 0.1) is 0 Å². The molecule has 0 spiro atoms. The molecule has 7 heteroatoms. The van der Waals surface area contributed by atoms with Gasteiger partial charge in [-0.1, -0.05) is 6.07 Å². The first-order valence-corrected chi connectivity index (χ1v) is 9.05. The van der Waals surface area contributed by atoms with Crippen molar-refractivity contribution in [3.63, 3.8) is 0 Å². The topological polar surface area (TPSA) is 53.8 Å². The third-order valence-electron chi connectivity index (χ3n) is 4.79. The maximum Gasteiger partial charge on any atom is 0.170 e. The standard InChI is InChI=1S/C18H22N4O2S/c25-18-20-16(14-4-1-2-6-19-14)17(15-5-3-11-24-15)22(18)8-7-21-9-12-23-13-10-21/h1-6,11,16-17H,7-10,12-13H2,(H,20,25)/t16-,17-/m0/s1. The smallest absolute Gasteiger partial charge is 0.170 e. The first-order chi connectivity index (χ1) is 12.3. The van der Waals surface area contributed by atoms with E-state index in [1.807, 2.05) is 36.5 Å². The van der Waals surface area contributed by atoms with Gasteiger partial charge in [0.2, 0.25) is 0 Å². The molecule has 2 aliphatic rings. The molecule has 4 heterocycles. The molecular formula is C18H22N4O2S. The van der Waals surface area contributed by atoms with Gasteiger partial charge in [-0.05, 0) is 36.5 Å². The van der Waals surface area contributed by atoms with Gasteiger partial charge in [0.05, 0.1) is 31.2 Å². The average Bonchev–Trinajstić information content (AvgIpc) is 3.29. The number of aromatic nitrogens is 1. The van der Waals surface area contributed by atoms with Gasteiger partial charge in [0.25, 0.3) is 0 Å². The van der Waals surface area contributed by atoms with Crippen LogP contribution in [-0.4, -0.2) is 59.3 Å². The molecule has 6 nitrogen and oxygen atoms in total. The lowest BCUT2D eigenvalue weighted by atomic mass is 10.0. The van der Waals surface area contributed by atoms with Crippen molar-refractivity contribution in [2.24, 2.45) is 0 Å². The van der Waals surface area contributed by atoms with E-state index in [4.69, 9.17) is 21.4 Å². The van der Waals surface area contributed by atoms with Crippen LogP contribution in [-0.2, 0) is 4.74 Å². The summed E-state index contributed by atoms with van der Waals surface area (Å²) in [4.78, 5) is 9.16. The number of pyridine rings is 1. The van der Waals surface area contributed by atoms with Crippen molar-refractivity contribution in [1.82, 2.24) is 20.1 Å². The summed E-state index contributed by atoms with van der Waals surface area (Å²) in [6.07, 6.45) is 3.53. The van der Waals surface area contributed by atoms with E-state index in [1.165, 1.54) is 0 Å². The molecule has 2 aromatic heterocycles. The minimum absolute atomic E-state index is 0.00969. The van der Waals surface area contributed by atoms with Gasteiger partial charge >= 0.3 is 0 Å². The van der Waals surface area contributed by atoms with Gasteiger partial charge in [-0.15, -0.1) is 0 Å². The molecule has 0 bridgehead atoms. The Hall–Kier alpha value is -1.96. The van der Waals surface area contributed by atoms with E-state index in [0.717, 1.165) is 56.0 Å². The number of thiocarbonyl (C=S) groups is 1. The van der Waals surface area contributed by atoms with Crippen LogP contribution in [0.2, 0.25) is 0 Å². The predicted molar refractivity (Wildman–Crippen MR) is 98.1 cm³/mol. The highest BCUT2D eigenvalue weighted by Gasteiger charge is 2.41. The zero-order valence-electron chi connectivity index (χ0n) is 14.0. The molecule has 1 N–H and O–H groups in total. The van der Waals surface area contributed by atoms with Crippen molar-refractivity contribution in [3.8, 4) is 0 Å². The van der Waals surface area contributed by atoms with E-state index in [2.05, 4.69) is 20.1 Å². The first kappa shape index (κ1) is 16.5. The zero-order valence-corrected chi connectivity index (χ0v) is 14.8. The highest BCUT2D eigenvalue weighted by molar-refractivity contribution is 7.80. The Bertz CT molecular complexity index is 688. The van der Waals surface area contributed by atoms with E-state index in [0.29, 0.717) is 0 Å². The fourth-order valence-corrected chi connectivity index (χ4v) is 3.82. The van der Waals surface area contributed by atoms with Crippen LogP contribution in [0.25, 0.3) is 0 Å². The van der Waals surface area contributed by atoms with Crippen LogP contribution in [0.5, 0.6) is 0 Å². The molecule has 0 radical (unpaired) electrons. The van der Waals surface area contributed by atoms with E-state index < -0.39 is 0 Å². The normalized spacial score (nSPS) is 24.5. The second-order valence-electron chi connectivity index (χ2n) is 6.29. The number of hydrogen-bond donors (Lipinski definition) is 1. The fraction of sp³-hybridized carbons (Fsp3) is 0.444. The van der Waals surface area contributed by atoms with Gasteiger partial charge in [-0.25, -0.2) is 0 Å². The second kappa shape index (κ2) is 7.51. The Morgan fingerprint density at radius 2 is 2.04 bits per heavy atom. The van der Waals surface area contributed by atoms with Gasteiger partial charge < -0.3 is 19.4 Å². The van der Waals surface area contributed by atoms with E-state index in [1.54, 1.807) is 6.26 Å². The Kier molecular flexibility index (Phi) is 4.96. The van der Waals surface area contributed by atoms with Gasteiger partial charge in [0.1, 0.15) is 11.8 Å². The van der Waals surface area contributed by atoms with Crippen LogP contribution in [0.1, 0.15) is 23.5 Å². The molecule has 2 atom stereocenters. The van der Waals surface area contributed by atoms with E-state index in [9.17, 15) is 0 Å². The number of ether oxygens (including phenoxy) is 1. The summed E-state index contributed by atoms with van der Waals surface area (Å²) < 4.78 is 11.2. The third kappa shape index (κ3) is 3.53. The molecule has 25 heavy (non-hydrogen) atoms. The van der Waals surface area contributed by atoms with E-state index >= 15 is 0 Å². The lowest BCUT2D eigenvalue weighted by Gasteiger charge is -2.31. The summed E-state index contributed by atoms with van der Waals surface area (Å²) in [5, 5.41) is 4.19. The second-order valence-corrected chi connectivity index (χ2v) is 6.68. The van der Waals surface area contributed by atoms with Crippen molar-refractivity contribution >= 4 is 17.3 Å². The van der Waals surface area contributed by atoms with Crippen molar-refractivity contribution in [2.45, 2.75) is 12.1 Å². The van der Waals surface area contributed by atoms with Crippen molar-refractivity contribution in [2.75, 3.05) is 39.4 Å². The SMILES string of the molecule is S=C1N[C@@H](c2ccccn2)[C@H](c2ccco2)N1CCN1CCOCC1. The molecule has 0 saturated carbocycles. The Labute approximate surface area is 152 Å². The van der Waals surface area contributed by atoms with Crippen LogP contribution >= 0.6 is 12.2 Å². The average molecular weight is 358 g/mol. The Morgan fingerprint density at radius 1 is 1.16 bits per heavy atom. The molecule has 2 saturated heterocycles. The zero-order chi connectivity index (χ0) is 17.1. The molecule has 4 rings (SSSR count). The van der Waals surface area contributed by atoms with E-state index in [-0.39, 0.29) is 12.1 Å². The fourth-order valence-electron chi connectivity index (χ4n) is 3.49. The summed E-state index contributed by atoms with van der Waals surface area (Å²) in [5.74, 6) is 0.907. The molecule has 0 aromatic carbocycles. The summed E-state index contributed by atoms with van der Waals surface area (Å²) in [6.45, 7) is 5.37. The summed E-state index contributed by atoms with van der Waals surface area (Å²) >= 11 is 5.64. The Balaban J connectivity index is 1.55. The molecule has 0 amide bonds. The summed E-state index contributed by atoms with van der Waals surface area (Å²) in [6, 6.07) is 9.90. The van der Waals surface area contributed by atoms with Crippen molar-refractivity contribution in [1.29, 1.82) is 0 Å². The predicted octanol–water partition coefficient (Wildman–Crippen LogP) is 1.98. The van der Waals surface area contributed by atoms with Crippen molar-refractivity contribution < 1.29 is 9.15 Å². The number of nitrogens with one attached hydrogen (secondary N) is 1. The van der Waals surface area contributed by atoms with Gasteiger partial charge in [0.15, 0.2) is 5.11 Å². The van der Waals surface area contributed by atoms with Crippen LogP contribution in [0.4, 0.5) is 0 Å². The molecule has 2 fully saturated rings. The van der Waals surface area contributed by atoms with Gasteiger partial charge in [0, 0.05) is 32.4 Å². The monoisotopic (exact) mass is 358 g/mol. The maximum absolute atomic E-state index is 5.74. The maximum atomic E-state index is 5.74. The third-order valence-corrected chi connectivity index (χ3v) is 5.15. The molecular weight excluding hydrogens is 336 g/mol. The lowest BCUT2D eigenvalue weighted by molar-refractivity contribution is 0.0347. The largest absolute Gasteiger partial charge is 0.467 e. The number of rotatable bonds is 5. The number of furan rings is 1. The first-order valence-electron chi connectivity index (χ1n) is 8.64. The van der Waals surface area contributed by atoms with Crippen LogP contribution in [0.15, 0.2) is 47.2 Å². The highest BCUT2D eigenvalue weighted by Crippen LogP contribution is 2.38. The number of nitrogens with zero attached hydrogens (tertiary/aromatic N) is 3. The van der Waals surface area contributed by atoms with Crippen LogP contribution < -0.4 is 5.32 Å². The van der Waals surface area contributed by atoms with Crippen LogP contribution in [0.3, 0.4) is 0 Å². The minimum atomic E-state index is -0.00969. The molecule has 2 aromatic rings. The number of morpholine rings is 1. The lowest BCUT2D eigenvalue weighted by Crippen LogP contribution is -2.42. The minimum Gasteiger partial charge on any atom is -0.467 e. The summed E-state index contributed by atoms with van der Waals surface area (Å²) in [5.41, 5.74) is 0.972. The molecule has 132 valence electrons. The van der Waals surface area contributed by atoms with Gasteiger partial charge in [-0.3, -0.25) is 9.88 Å². The molecule has 0 unspecified atom stereocenters. The molecule has 2 aliphatic heterocycles. The summed E-state index contributed by atoms with van der Waals surface area (Å²) in [7, 11) is 0. The highest BCUT2D eigenvalue weighted by atomic mass is 32.1. The van der Waals surface area contributed by atoms with Gasteiger partial charge in [-0.2, -0.15) is 0 Å². The Morgan fingerprint density at radius 3 is 2.76 bits per heavy atom.